The SMILES string of the molecule is CC(C(N)CCC(=O)O)N(CCN)CCN. The second kappa shape index (κ2) is 8.46. The first-order valence-electron chi connectivity index (χ1n) is 5.64. The number of hydrogen-bond acceptors (Lipinski definition) is 5. The highest BCUT2D eigenvalue weighted by Gasteiger charge is 2.19. The summed E-state index contributed by atoms with van der Waals surface area (Å²) < 4.78 is 0. The zero-order chi connectivity index (χ0) is 12.6. The minimum absolute atomic E-state index is 0.102. The van der Waals surface area contributed by atoms with Gasteiger partial charge in [0.1, 0.15) is 0 Å². The Hall–Kier alpha value is -0.690. The zero-order valence-corrected chi connectivity index (χ0v) is 9.93. The van der Waals surface area contributed by atoms with Crippen LogP contribution < -0.4 is 17.2 Å². The summed E-state index contributed by atoms with van der Waals surface area (Å²) in [6.07, 6.45) is 0.576. The van der Waals surface area contributed by atoms with Crippen molar-refractivity contribution in [3.8, 4) is 0 Å². The molecule has 16 heavy (non-hydrogen) atoms. The second-order valence-corrected chi connectivity index (χ2v) is 3.95. The van der Waals surface area contributed by atoms with Gasteiger partial charge in [-0.15, -0.1) is 0 Å². The number of carboxylic acid groups (broad SMARTS) is 1. The van der Waals surface area contributed by atoms with Crippen molar-refractivity contribution in [2.24, 2.45) is 17.2 Å². The number of nitrogens with two attached hydrogens (primary N) is 3. The maximum atomic E-state index is 10.4. The van der Waals surface area contributed by atoms with Gasteiger partial charge in [0.25, 0.3) is 0 Å². The molecule has 6 heteroatoms. The Morgan fingerprint density at radius 2 is 1.81 bits per heavy atom. The van der Waals surface area contributed by atoms with Crippen molar-refractivity contribution >= 4 is 5.97 Å². The third kappa shape index (κ3) is 6.02. The summed E-state index contributed by atoms with van der Waals surface area (Å²) >= 11 is 0. The fourth-order valence-electron chi connectivity index (χ4n) is 1.65. The van der Waals surface area contributed by atoms with Gasteiger partial charge in [-0.05, 0) is 13.3 Å². The van der Waals surface area contributed by atoms with Gasteiger partial charge in [0.15, 0.2) is 0 Å². The van der Waals surface area contributed by atoms with Crippen molar-refractivity contribution in [2.45, 2.75) is 31.8 Å². The maximum Gasteiger partial charge on any atom is 0.303 e. The fraction of sp³-hybridized carbons (Fsp3) is 0.900. The Bertz CT molecular complexity index is 195. The first-order chi connectivity index (χ1) is 7.52. The van der Waals surface area contributed by atoms with E-state index in [4.69, 9.17) is 22.3 Å². The number of carboxylic acids is 1. The highest BCUT2D eigenvalue weighted by Crippen LogP contribution is 2.07. The van der Waals surface area contributed by atoms with Crippen LogP contribution in [0.5, 0.6) is 0 Å². The second-order valence-electron chi connectivity index (χ2n) is 3.95. The normalized spacial score (nSPS) is 15.1. The number of rotatable bonds is 9. The molecule has 7 N–H and O–H groups in total. The van der Waals surface area contributed by atoms with E-state index < -0.39 is 5.97 Å². The number of nitrogens with zero attached hydrogens (tertiary/aromatic N) is 1. The smallest absolute Gasteiger partial charge is 0.303 e. The lowest BCUT2D eigenvalue weighted by Gasteiger charge is -2.32. The van der Waals surface area contributed by atoms with Crippen molar-refractivity contribution in [3.63, 3.8) is 0 Å². The van der Waals surface area contributed by atoms with Gasteiger partial charge in [-0.2, -0.15) is 0 Å². The maximum absolute atomic E-state index is 10.4. The molecule has 0 aliphatic rings. The van der Waals surface area contributed by atoms with E-state index >= 15 is 0 Å². The summed E-state index contributed by atoms with van der Waals surface area (Å²) in [5, 5.41) is 8.58. The first kappa shape index (κ1) is 15.3. The Morgan fingerprint density at radius 1 is 1.31 bits per heavy atom. The molecule has 0 aromatic rings. The minimum atomic E-state index is -0.813. The quantitative estimate of drug-likeness (QED) is 0.396. The molecule has 0 saturated carbocycles. The summed E-state index contributed by atoms with van der Waals surface area (Å²) in [6, 6.07) is -0.0550. The summed E-state index contributed by atoms with van der Waals surface area (Å²) in [4.78, 5) is 12.5. The third-order valence-corrected chi connectivity index (χ3v) is 2.72. The van der Waals surface area contributed by atoms with Crippen LogP contribution in [0.15, 0.2) is 0 Å². The highest BCUT2D eigenvalue weighted by atomic mass is 16.4. The van der Waals surface area contributed by atoms with E-state index in [0.717, 1.165) is 13.1 Å². The Morgan fingerprint density at radius 3 is 2.19 bits per heavy atom. The molecule has 2 atom stereocenters. The van der Waals surface area contributed by atoms with Gasteiger partial charge in [0.05, 0.1) is 0 Å². The van der Waals surface area contributed by atoms with E-state index in [2.05, 4.69) is 4.90 Å². The zero-order valence-electron chi connectivity index (χ0n) is 9.93. The molecule has 0 aromatic carbocycles. The van der Waals surface area contributed by atoms with Gasteiger partial charge in [0, 0.05) is 44.7 Å². The van der Waals surface area contributed by atoms with Crippen molar-refractivity contribution < 1.29 is 9.90 Å². The van der Waals surface area contributed by atoms with Gasteiger partial charge in [-0.25, -0.2) is 0 Å². The van der Waals surface area contributed by atoms with Crippen LogP contribution in [-0.2, 0) is 4.79 Å². The molecule has 2 unspecified atom stereocenters. The monoisotopic (exact) mass is 232 g/mol. The molecule has 96 valence electrons. The lowest BCUT2D eigenvalue weighted by Crippen LogP contribution is -2.49. The molecule has 0 aliphatic heterocycles. The van der Waals surface area contributed by atoms with Crippen LogP contribution in [0.4, 0.5) is 0 Å². The fourth-order valence-corrected chi connectivity index (χ4v) is 1.65. The van der Waals surface area contributed by atoms with Crippen molar-refractivity contribution in [2.75, 3.05) is 26.2 Å². The Kier molecular flexibility index (Phi) is 8.10. The van der Waals surface area contributed by atoms with Gasteiger partial charge >= 0.3 is 5.97 Å². The van der Waals surface area contributed by atoms with Crippen molar-refractivity contribution in [1.29, 1.82) is 0 Å². The molecule has 0 heterocycles. The van der Waals surface area contributed by atoms with Gasteiger partial charge < -0.3 is 22.3 Å². The van der Waals surface area contributed by atoms with E-state index in [0.29, 0.717) is 19.5 Å². The lowest BCUT2D eigenvalue weighted by atomic mass is 10.0. The average molecular weight is 232 g/mol. The van der Waals surface area contributed by atoms with Crippen LogP contribution in [0, 0.1) is 0 Å². The molecule has 0 aromatic heterocycles. The molecular weight excluding hydrogens is 208 g/mol. The molecule has 0 rings (SSSR count). The molecule has 0 amide bonds. The summed E-state index contributed by atoms with van der Waals surface area (Å²) in [7, 11) is 0. The standard InChI is InChI=1S/C10H24N4O2/c1-8(9(13)2-3-10(15)16)14(6-4-11)7-5-12/h8-9H,2-7,11-13H2,1H3,(H,15,16). The van der Waals surface area contributed by atoms with Crippen LogP contribution in [0.2, 0.25) is 0 Å². The molecule has 0 spiro atoms. The van der Waals surface area contributed by atoms with Crippen LogP contribution in [0.25, 0.3) is 0 Å². The minimum Gasteiger partial charge on any atom is -0.481 e. The largest absolute Gasteiger partial charge is 0.481 e. The summed E-state index contributed by atoms with van der Waals surface area (Å²) in [5.74, 6) is -0.813. The van der Waals surface area contributed by atoms with E-state index in [1.54, 1.807) is 0 Å². The van der Waals surface area contributed by atoms with Crippen LogP contribution in [0.1, 0.15) is 19.8 Å². The van der Waals surface area contributed by atoms with Crippen LogP contribution in [0.3, 0.4) is 0 Å². The Labute approximate surface area is 96.8 Å². The van der Waals surface area contributed by atoms with Gasteiger partial charge in [-0.3, -0.25) is 9.69 Å². The van der Waals surface area contributed by atoms with E-state index in [1.165, 1.54) is 0 Å². The first-order valence-corrected chi connectivity index (χ1v) is 5.64. The predicted molar refractivity (Wildman–Crippen MR) is 64.0 cm³/mol. The molecule has 0 radical (unpaired) electrons. The summed E-state index contributed by atoms with van der Waals surface area (Å²) in [5.41, 5.74) is 16.9. The number of hydrogen-bond donors (Lipinski definition) is 4. The third-order valence-electron chi connectivity index (χ3n) is 2.72. The molecule has 0 saturated heterocycles. The van der Waals surface area contributed by atoms with Gasteiger partial charge in [0.2, 0.25) is 0 Å². The lowest BCUT2D eigenvalue weighted by molar-refractivity contribution is -0.137. The van der Waals surface area contributed by atoms with Crippen LogP contribution >= 0.6 is 0 Å². The Balaban J connectivity index is 4.12. The summed E-state index contributed by atoms with van der Waals surface area (Å²) in [6.45, 7) is 4.56. The molecule has 6 nitrogen and oxygen atoms in total. The van der Waals surface area contributed by atoms with Crippen molar-refractivity contribution in [1.82, 2.24) is 4.90 Å². The predicted octanol–water partition coefficient (Wildman–Crippen LogP) is -1.21. The van der Waals surface area contributed by atoms with E-state index in [9.17, 15) is 4.79 Å². The van der Waals surface area contributed by atoms with Crippen LogP contribution in [-0.4, -0.2) is 54.2 Å². The topological polar surface area (TPSA) is 119 Å². The average Bonchev–Trinajstić information content (AvgIpc) is 2.24. The molecular formula is C10H24N4O2. The molecule has 0 fully saturated rings. The van der Waals surface area contributed by atoms with Crippen molar-refractivity contribution in [3.05, 3.63) is 0 Å². The molecule has 0 aliphatic carbocycles. The van der Waals surface area contributed by atoms with E-state index in [-0.39, 0.29) is 18.5 Å². The van der Waals surface area contributed by atoms with E-state index in [1.807, 2.05) is 6.92 Å². The molecule has 0 bridgehead atoms. The number of carbonyl (C=O) groups is 1. The number of aliphatic carboxylic acids is 1. The van der Waals surface area contributed by atoms with Gasteiger partial charge in [-0.1, -0.05) is 0 Å². The highest BCUT2D eigenvalue weighted by molar-refractivity contribution is 5.66.